The molecule has 0 saturated carbocycles. The summed E-state index contributed by atoms with van der Waals surface area (Å²) >= 11 is 0. The predicted octanol–water partition coefficient (Wildman–Crippen LogP) is -0.502. The van der Waals surface area contributed by atoms with Crippen LogP contribution in [0.3, 0.4) is 0 Å². The van der Waals surface area contributed by atoms with Crippen LogP contribution in [0, 0.1) is 0 Å². The molecule has 0 bridgehead atoms. The van der Waals surface area contributed by atoms with Crippen molar-refractivity contribution in [2.75, 3.05) is 7.11 Å². The van der Waals surface area contributed by atoms with E-state index in [0.29, 0.717) is 0 Å². The van der Waals surface area contributed by atoms with Crippen molar-refractivity contribution >= 4 is 18.0 Å². The number of aliphatic hydroxyl groups is 1. The highest BCUT2D eigenvalue weighted by Crippen LogP contribution is 2.07. The molecule has 0 aliphatic carbocycles. The van der Waals surface area contributed by atoms with Crippen LogP contribution >= 0.6 is 0 Å². The Morgan fingerprint density at radius 3 is 2.06 bits per heavy atom. The van der Waals surface area contributed by atoms with Crippen LogP contribution in [0.25, 0.3) is 0 Å². The number of hydrogen-bond donors (Lipinski definition) is 3. The van der Waals surface area contributed by atoms with Crippen molar-refractivity contribution in [3.05, 3.63) is 0 Å². The maximum absolute atomic E-state index is 11.4. The molecule has 0 aromatic heterocycles. The quantitative estimate of drug-likeness (QED) is 0.584. The number of aliphatic carboxylic acids is 1. The minimum absolute atomic E-state index is 0.821. The van der Waals surface area contributed by atoms with Crippen molar-refractivity contribution in [1.29, 1.82) is 0 Å². The second-order valence-corrected chi connectivity index (χ2v) is 4.43. The minimum Gasteiger partial charge on any atom is -0.479 e. The SMILES string of the molecule is COC(=O)[C@@H](NC(=O)OC(C)(C)C)C(O)C(=O)O. The van der Waals surface area contributed by atoms with Crippen molar-refractivity contribution < 1.29 is 34.1 Å². The van der Waals surface area contributed by atoms with E-state index in [1.165, 1.54) is 0 Å². The molecule has 0 heterocycles. The highest BCUT2D eigenvalue weighted by Gasteiger charge is 2.35. The number of rotatable bonds is 4. The topological polar surface area (TPSA) is 122 Å². The van der Waals surface area contributed by atoms with E-state index in [4.69, 9.17) is 9.84 Å². The summed E-state index contributed by atoms with van der Waals surface area (Å²) in [6.07, 6.45) is -3.15. The Hall–Kier alpha value is -1.83. The third-order valence-electron chi connectivity index (χ3n) is 1.70. The second-order valence-electron chi connectivity index (χ2n) is 4.43. The number of alkyl carbamates (subject to hydrolysis) is 1. The van der Waals surface area contributed by atoms with Crippen LogP contribution in [0.4, 0.5) is 4.79 Å². The van der Waals surface area contributed by atoms with Gasteiger partial charge in [-0.1, -0.05) is 0 Å². The van der Waals surface area contributed by atoms with Gasteiger partial charge in [-0.3, -0.25) is 0 Å². The van der Waals surface area contributed by atoms with Crippen LogP contribution in [-0.2, 0) is 19.1 Å². The first-order valence-corrected chi connectivity index (χ1v) is 5.06. The highest BCUT2D eigenvalue weighted by molar-refractivity contribution is 5.88. The normalized spacial score (nSPS) is 14.3. The molecule has 0 aromatic carbocycles. The average molecular weight is 263 g/mol. The van der Waals surface area contributed by atoms with E-state index >= 15 is 0 Å². The molecular formula is C10H17NO7. The van der Waals surface area contributed by atoms with Gasteiger partial charge in [0, 0.05) is 0 Å². The first kappa shape index (κ1) is 16.2. The van der Waals surface area contributed by atoms with Gasteiger partial charge < -0.3 is 25.0 Å². The lowest BCUT2D eigenvalue weighted by Gasteiger charge is -2.23. The maximum Gasteiger partial charge on any atom is 0.408 e. The minimum atomic E-state index is -2.12. The highest BCUT2D eigenvalue weighted by atomic mass is 16.6. The summed E-state index contributed by atoms with van der Waals surface area (Å²) in [5.41, 5.74) is -0.821. The molecule has 1 amide bonds. The Bertz CT molecular complexity index is 334. The number of methoxy groups -OCH3 is 1. The number of amides is 1. The van der Waals surface area contributed by atoms with Crippen molar-refractivity contribution in [2.24, 2.45) is 0 Å². The van der Waals surface area contributed by atoms with Crippen LogP contribution in [0.5, 0.6) is 0 Å². The number of carbonyl (C=O) groups excluding carboxylic acids is 2. The van der Waals surface area contributed by atoms with Gasteiger partial charge >= 0.3 is 18.0 Å². The molecule has 104 valence electrons. The summed E-state index contributed by atoms with van der Waals surface area (Å²) in [6, 6.07) is -1.73. The zero-order valence-electron chi connectivity index (χ0n) is 10.6. The van der Waals surface area contributed by atoms with Gasteiger partial charge in [0.2, 0.25) is 0 Å². The Balaban J connectivity index is 4.76. The van der Waals surface area contributed by atoms with Gasteiger partial charge in [-0.25, -0.2) is 14.4 Å². The standard InChI is InChI=1S/C10H17NO7/c1-10(2,3)18-9(16)11-5(8(15)17-4)6(12)7(13)14/h5-6,12H,1-4H3,(H,11,16)(H,13,14)/t5-,6?/m0/s1. The Morgan fingerprint density at radius 2 is 1.72 bits per heavy atom. The van der Waals surface area contributed by atoms with E-state index in [1.807, 2.05) is 5.32 Å². The van der Waals surface area contributed by atoms with E-state index in [-0.39, 0.29) is 0 Å². The summed E-state index contributed by atoms with van der Waals surface area (Å²) in [4.78, 5) is 33.2. The van der Waals surface area contributed by atoms with E-state index in [9.17, 15) is 19.5 Å². The van der Waals surface area contributed by atoms with E-state index in [1.54, 1.807) is 20.8 Å². The van der Waals surface area contributed by atoms with Crippen molar-refractivity contribution in [2.45, 2.75) is 38.5 Å². The fraction of sp³-hybridized carbons (Fsp3) is 0.700. The van der Waals surface area contributed by atoms with Crippen LogP contribution in [0.2, 0.25) is 0 Å². The Morgan fingerprint density at radius 1 is 1.22 bits per heavy atom. The van der Waals surface area contributed by atoms with Crippen LogP contribution in [0.1, 0.15) is 20.8 Å². The molecule has 0 radical (unpaired) electrons. The zero-order chi connectivity index (χ0) is 14.5. The molecule has 0 spiro atoms. The van der Waals surface area contributed by atoms with Crippen LogP contribution in [0.15, 0.2) is 0 Å². The van der Waals surface area contributed by atoms with Gasteiger partial charge in [-0.15, -0.1) is 0 Å². The Kier molecular flexibility index (Phi) is 5.57. The van der Waals surface area contributed by atoms with Crippen molar-refractivity contribution in [1.82, 2.24) is 5.32 Å². The zero-order valence-corrected chi connectivity index (χ0v) is 10.6. The number of carbonyl (C=O) groups is 3. The molecule has 0 fully saturated rings. The van der Waals surface area contributed by atoms with Gasteiger partial charge in [-0.05, 0) is 20.8 Å². The molecule has 3 N–H and O–H groups in total. The molecule has 0 rings (SSSR count). The summed E-state index contributed by atoms with van der Waals surface area (Å²) in [5, 5.41) is 19.8. The number of ether oxygens (including phenoxy) is 2. The molecule has 8 nitrogen and oxygen atoms in total. The van der Waals surface area contributed by atoms with Gasteiger partial charge in [0.1, 0.15) is 5.60 Å². The molecule has 0 aromatic rings. The smallest absolute Gasteiger partial charge is 0.408 e. The Labute approximate surface area is 104 Å². The number of esters is 1. The van der Waals surface area contributed by atoms with Crippen molar-refractivity contribution in [3.63, 3.8) is 0 Å². The summed E-state index contributed by atoms with van der Waals surface area (Å²) in [5.74, 6) is -2.75. The fourth-order valence-corrected chi connectivity index (χ4v) is 0.971. The number of carboxylic acids is 1. The molecular weight excluding hydrogens is 246 g/mol. The molecule has 0 aliphatic rings. The monoisotopic (exact) mass is 263 g/mol. The fourth-order valence-electron chi connectivity index (χ4n) is 0.971. The summed E-state index contributed by atoms with van der Waals surface area (Å²) in [6.45, 7) is 4.77. The van der Waals surface area contributed by atoms with Crippen LogP contribution < -0.4 is 5.32 Å². The van der Waals surface area contributed by atoms with E-state index < -0.39 is 35.8 Å². The van der Waals surface area contributed by atoms with E-state index in [0.717, 1.165) is 7.11 Å². The lowest BCUT2D eigenvalue weighted by molar-refractivity contribution is -0.157. The van der Waals surface area contributed by atoms with Gasteiger partial charge in [0.15, 0.2) is 12.1 Å². The molecule has 0 aliphatic heterocycles. The van der Waals surface area contributed by atoms with E-state index in [2.05, 4.69) is 4.74 Å². The third-order valence-corrected chi connectivity index (χ3v) is 1.70. The van der Waals surface area contributed by atoms with Gasteiger partial charge in [0.25, 0.3) is 0 Å². The second kappa shape index (κ2) is 6.20. The molecule has 8 heteroatoms. The lowest BCUT2D eigenvalue weighted by atomic mass is 10.1. The molecule has 0 saturated heterocycles. The van der Waals surface area contributed by atoms with Crippen LogP contribution in [-0.4, -0.2) is 53.1 Å². The third kappa shape index (κ3) is 5.48. The average Bonchev–Trinajstić information content (AvgIpc) is 2.21. The van der Waals surface area contributed by atoms with Gasteiger partial charge in [0.05, 0.1) is 7.11 Å². The molecule has 1 unspecified atom stereocenters. The van der Waals surface area contributed by atoms with Gasteiger partial charge in [-0.2, -0.15) is 0 Å². The first-order valence-electron chi connectivity index (χ1n) is 5.06. The van der Waals surface area contributed by atoms with Crippen molar-refractivity contribution in [3.8, 4) is 0 Å². The summed E-state index contributed by atoms with van der Waals surface area (Å²) in [7, 11) is 1.00. The maximum atomic E-state index is 11.4. The molecule has 18 heavy (non-hydrogen) atoms. The largest absolute Gasteiger partial charge is 0.479 e. The summed E-state index contributed by atoms with van der Waals surface area (Å²) < 4.78 is 9.11. The number of hydrogen-bond acceptors (Lipinski definition) is 6. The lowest BCUT2D eigenvalue weighted by Crippen LogP contribution is -2.53. The number of aliphatic hydroxyl groups excluding tert-OH is 1. The number of carboxylic acid groups (broad SMARTS) is 1. The first-order chi connectivity index (χ1) is 8.08. The predicted molar refractivity (Wildman–Crippen MR) is 58.8 cm³/mol. The molecule has 2 atom stereocenters. The number of nitrogens with one attached hydrogen (secondary N) is 1.